The average molecular weight is 397 g/mol. The lowest BCUT2D eigenvalue weighted by Crippen LogP contribution is -2.38. The number of nitrogens with zero attached hydrogens (tertiary/aromatic N) is 2. The molecular formula is C24H32N2O3. The van der Waals surface area contributed by atoms with Crippen molar-refractivity contribution in [1.29, 1.82) is 0 Å². The highest BCUT2D eigenvalue weighted by atomic mass is 16.5. The summed E-state index contributed by atoms with van der Waals surface area (Å²) in [7, 11) is 1.67. The second-order valence-corrected chi connectivity index (χ2v) is 7.90. The molecule has 0 radical (unpaired) electrons. The van der Waals surface area contributed by atoms with Crippen LogP contribution in [0.4, 0.5) is 5.69 Å². The summed E-state index contributed by atoms with van der Waals surface area (Å²) in [5, 5.41) is 0. The van der Waals surface area contributed by atoms with E-state index in [1.807, 2.05) is 30.0 Å². The monoisotopic (exact) mass is 396 g/mol. The smallest absolute Gasteiger partial charge is 0.260 e. The maximum Gasteiger partial charge on any atom is 0.260 e. The first-order valence-corrected chi connectivity index (χ1v) is 10.4. The van der Waals surface area contributed by atoms with E-state index >= 15 is 0 Å². The molecule has 0 aliphatic carbocycles. The number of hydrogen-bond acceptors (Lipinski definition) is 4. The molecule has 0 unspecified atom stereocenters. The minimum atomic E-state index is 0.0535. The first kappa shape index (κ1) is 21.0. The van der Waals surface area contributed by atoms with Gasteiger partial charge < -0.3 is 19.3 Å². The number of benzene rings is 2. The van der Waals surface area contributed by atoms with Crippen molar-refractivity contribution < 1.29 is 14.3 Å². The van der Waals surface area contributed by atoms with Gasteiger partial charge in [0.15, 0.2) is 6.61 Å². The van der Waals surface area contributed by atoms with Crippen LogP contribution < -0.4 is 14.4 Å². The fraction of sp³-hybridized carbons (Fsp3) is 0.458. The van der Waals surface area contributed by atoms with E-state index in [1.165, 1.54) is 0 Å². The van der Waals surface area contributed by atoms with Crippen LogP contribution in [0.2, 0.25) is 0 Å². The number of ether oxygens (including phenoxy) is 2. The Morgan fingerprint density at radius 3 is 2.48 bits per heavy atom. The van der Waals surface area contributed by atoms with Crippen LogP contribution in [0.3, 0.4) is 0 Å². The van der Waals surface area contributed by atoms with Gasteiger partial charge >= 0.3 is 0 Å². The van der Waals surface area contributed by atoms with E-state index in [-0.39, 0.29) is 12.5 Å². The van der Waals surface area contributed by atoms with Gasteiger partial charge in [-0.2, -0.15) is 0 Å². The van der Waals surface area contributed by atoms with Crippen LogP contribution in [0, 0.1) is 6.92 Å². The molecule has 2 aromatic rings. The van der Waals surface area contributed by atoms with E-state index in [0.717, 1.165) is 54.4 Å². The highest BCUT2D eigenvalue weighted by Crippen LogP contribution is 2.27. The largest absolute Gasteiger partial charge is 0.497 e. The Morgan fingerprint density at radius 2 is 1.79 bits per heavy atom. The van der Waals surface area contributed by atoms with Gasteiger partial charge in [0.1, 0.15) is 11.5 Å². The molecule has 1 saturated heterocycles. The van der Waals surface area contributed by atoms with E-state index in [2.05, 4.69) is 43.0 Å². The van der Waals surface area contributed by atoms with Gasteiger partial charge in [-0.25, -0.2) is 0 Å². The second kappa shape index (κ2) is 9.68. The Bertz CT molecular complexity index is 817. The lowest BCUT2D eigenvalue weighted by molar-refractivity contribution is -0.133. The quantitative estimate of drug-likeness (QED) is 0.732. The average Bonchev–Trinajstić information content (AvgIpc) is 2.98. The van der Waals surface area contributed by atoms with Gasteiger partial charge in [-0.3, -0.25) is 4.79 Å². The minimum Gasteiger partial charge on any atom is -0.497 e. The predicted octanol–water partition coefficient (Wildman–Crippen LogP) is 4.24. The van der Waals surface area contributed by atoms with Crippen LogP contribution in [0.25, 0.3) is 0 Å². The third kappa shape index (κ3) is 5.43. The molecule has 0 atom stereocenters. The zero-order valence-corrected chi connectivity index (χ0v) is 18.0. The number of carbonyl (C=O) groups is 1. The molecule has 1 aliphatic heterocycles. The van der Waals surface area contributed by atoms with Gasteiger partial charge in [-0.1, -0.05) is 26.0 Å². The van der Waals surface area contributed by atoms with Crippen molar-refractivity contribution in [3.05, 3.63) is 53.6 Å². The lowest BCUT2D eigenvalue weighted by Gasteiger charge is -2.24. The molecule has 1 aliphatic rings. The summed E-state index contributed by atoms with van der Waals surface area (Å²) in [6.45, 7) is 9.64. The number of methoxy groups -OCH3 is 1. The highest BCUT2D eigenvalue weighted by molar-refractivity contribution is 5.78. The van der Waals surface area contributed by atoms with Gasteiger partial charge in [0.2, 0.25) is 0 Å². The van der Waals surface area contributed by atoms with Crippen LogP contribution in [0.15, 0.2) is 42.5 Å². The maximum atomic E-state index is 12.8. The van der Waals surface area contributed by atoms with Crippen molar-refractivity contribution in [2.24, 2.45) is 0 Å². The molecule has 5 heteroatoms. The molecule has 0 bridgehead atoms. The number of amides is 1. The van der Waals surface area contributed by atoms with Crippen molar-refractivity contribution in [1.82, 2.24) is 4.90 Å². The molecule has 3 rings (SSSR count). The van der Waals surface area contributed by atoms with Crippen LogP contribution >= 0.6 is 0 Å². The predicted molar refractivity (Wildman–Crippen MR) is 117 cm³/mol. The maximum absolute atomic E-state index is 12.8. The van der Waals surface area contributed by atoms with Gasteiger partial charge in [-0.05, 0) is 60.7 Å². The fourth-order valence-electron chi connectivity index (χ4n) is 3.69. The van der Waals surface area contributed by atoms with Gasteiger partial charge in [-0.15, -0.1) is 0 Å². The lowest BCUT2D eigenvalue weighted by atomic mass is 10.0. The first-order valence-electron chi connectivity index (χ1n) is 10.4. The number of anilines is 1. The fourth-order valence-corrected chi connectivity index (χ4v) is 3.69. The standard InChI is InChI=1S/C24H32N2O3/c1-18(2)22-11-6-19(3)16-23(22)29-17-24(27)26-13-5-12-25(14-15-26)20-7-9-21(28-4)10-8-20/h6-11,16,18H,5,12-15,17H2,1-4H3. The molecule has 0 aromatic heterocycles. The van der Waals surface area contributed by atoms with Crippen LogP contribution in [-0.2, 0) is 4.79 Å². The third-order valence-electron chi connectivity index (χ3n) is 5.43. The van der Waals surface area contributed by atoms with Crippen molar-refractivity contribution in [3.63, 3.8) is 0 Å². The minimum absolute atomic E-state index is 0.0535. The van der Waals surface area contributed by atoms with E-state index in [4.69, 9.17) is 9.47 Å². The number of aryl methyl sites for hydroxylation is 1. The molecule has 1 heterocycles. The first-order chi connectivity index (χ1) is 14.0. The normalized spacial score (nSPS) is 14.7. The Balaban J connectivity index is 1.57. The summed E-state index contributed by atoms with van der Waals surface area (Å²) >= 11 is 0. The van der Waals surface area contributed by atoms with E-state index in [9.17, 15) is 4.79 Å². The third-order valence-corrected chi connectivity index (χ3v) is 5.43. The van der Waals surface area contributed by atoms with Crippen LogP contribution in [-0.4, -0.2) is 50.7 Å². The van der Waals surface area contributed by atoms with Crippen LogP contribution in [0.1, 0.15) is 37.3 Å². The highest BCUT2D eigenvalue weighted by Gasteiger charge is 2.20. The van der Waals surface area contributed by atoms with E-state index in [0.29, 0.717) is 12.5 Å². The van der Waals surface area contributed by atoms with Crippen molar-refractivity contribution in [2.45, 2.75) is 33.1 Å². The summed E-state index contributed by atoms with van der Waals surface area (Å²) in [5.74, 6) is 2.09. The molecule has 29 heavy (non-hydrogen) atoms. The molecular weight excluding hydrogens is 364 g/mol. The molecule has 0 spiro atoms. The second-order valence-electron chi connectivity index (χ2n) is 7.90. The Labute approximate surface area is 174 Å². The summed E-state index contributed by atoms with van der Waals surface area (Å²) in [6.07, 6.45) is 0.944. The zero-order chi connectivity index (χ0) is 20.8. The molecule has 1 fully saturated rings. The van der Waals surface area contributed by atoms with Crippen molar-refractivity contribution >= 4 is 11.6 Å². The van der Waals surface area contributed by atoms with E-state index in [1.54, 1.807) is 7.11 Å². The molecule has 1 amide bonds. The van der Waals surface area contributed by atoms with Crippen LogP contribution in [0.5, 0.6) is 11.5 Å². The number of hydrogen-bond donors (Lipinski definition) is 0. The Morgan fingerprint density at radius 1 is 1.03 bits per heavy atom. The molecule has 156 valence electrons. The summed E-state index contributed by atoms with van der Waals surface area (Å²) in [5.41, 5.74) is 3.45. The SMILES string of the molecule is COc1ccc(N2CCCN(C(=O)COc3cc(C)ccc3C(C)C)CC2)cc1. The summed E-state index contributed by atoms with van der Waals surface area (Å²) < 4.78 is 11.2. The summed E-state index contributed by atoms with van der Waals surface area (Å²) in [6, 6.07) is 14.3. The van der Waals surface area contributed by atoms with Gasteiger partial charge in [0, 0.05) is 31.9 Å². The van der Waals surface area contributed by atoms with E-state index < -0.39 is 0 Å². The molecule has 2 aromatic carbocycles. The molecule has 0 N–H and O–H groups in total. The summed E-state index contributed by atoms with van der Waals surface area (Å²) in [4.78, 5) is 17.0. The Hall–Kier alpha value is -2.69. The number of rotatable bonds is 6. The molecule has 0 saturated carbocycles. The Kier molecular flexibility index (Phi) is 7.02. The number of carbonyl (C=O) groups excluding carboxylic acids is 1. The topological polar surface area (TPSA) is 42.0 Å². The van der Waals surface area contributed by atoms with Gasteiger partial charge in [0.05, 0.1) is 7.11 Å². The van der Waals surface area contributed by atoms with Crippen molar-refractivity contribution in [3.8, 4) is 11.5 Å². The van der Waals surface area contributed by atoms with Gasteiger partial charge in [0.25, 0.3) is 5.91 Å². The zero-order valence-electron chi connectivity index (χ0n) is 18.0. The van der Waals surface area contributed by atoms with Crippen molar-refractivity contribution in [2.75, 3.05) is 44.8 Å². The molecule has 5 nitrogen and oxygen atoms in total.